The van der Waals surface area contributed by atoms with E-state index in [0.717, 1.165) is 11.0 Å². The molecule has 4 aromatic rings. The van der Waals surface area contributed by atoms with Gasteiger partial charge in [-0.05, 0) is 48.5 Å². The van der Waals surface area contributed by atoms with E-state index < -0.39 is 6.10 Å². The maximum Gasteiger partial charge on any atom is 0.161 e. The Morgan fingerprint density at radius 1 is 0.935 bits per heavy atom. The van der Waals surface area contributed by atoms with Crippen molar-refractivity contribution >= 4 is 21.8 Å². The first kappa shape index (κ1) is 21.1. The van der Waals surface area contributed by atoms with E-state index in [-0.39, 0.29) is 18.2 Å². The van der Waals surface area contributed by atoms with Gasteiger partial charge in [-0.15, -0.1) is 0 Å². The smallest absolute Gasteiger partial charge is 0.161 e. The zero-order valence-corrected chi connectivity index (χ0v) is 17.1. The fourth-order valence-electron chi connectivity index (χ4n) is 3.76. The van der Waals surface area contributed by atoms with Crippen molar-refractivity contribution in [3.8, 4) is 11.5 Å². The number of rotatable bonds is 9. The molecule has 0 aliphatic rings. The summed E-state index contributed by atoms with van der Waals surface area (Å²) in [6.45, 7) is 1.59. The third kappa shape index (κ3) is 4.62. The molecule has 0 bridgehead atoms. The highest BCUT2D eigenvalue weighted by Gasteiger charge is 2.15. The summed E-state index contributed by atoms with van der Waals surface area (Å²) in [7, 11) is 1.59. The van der Waals surface area contributed by atoms with E-state index in [1.54, 1.807) is 19.2 Å². The second kappa shape index (κ2) is 9.32. The average molecular weight is 426 g/mol. The SMILES string of the molecule is COc1ccccc1OCCNCC(O)Cn1c2ccc(F)cc2c2cc(F)ccc21. The molecule has 7 heteroatoms. The third-order valence-corrected chi connectivity index (χ3v) is 5.17. The minimum atomic E-state index is -0.694. The van der Waals surface area contributed by atoms with Crippen LogP contribution in [-0.2, 0) is 6.54 Å². The van der Waals surface area contributed by atoms with E-state index >= 15 is 0 Å². The molecule has 0 radical (unpaired) electrons. The lowest BCUT2D eigenvalue weighted by Crippen LogP contribution is -2.32. The molecule has 2 N–H and O–H groups in total. The summed E-state index contributed by atoms with van der Waals surface area (Å²) in [5, 5.41) is 15.0. The maximum atomic E-state index is 13.8. The summed E-state index contributed by atoms with van der Waals surface area (Å²) in [6.07, 6.45) is -0.694. The number of fused-ring (bicyclic) bond motifs is 3. The van der Waals surface area contributed by atoms with Crippen LogP contribution in [0.15, 0.2) is 60.7 Å². The number of hydrogen-bond donors (Lipinski definition) is 2. The molecule has 162 valence electrons. The number of nitrogens with one attached hydrogen (secondary N) is 1. The maximum absolute atomic E-state index is 13.8. The average Bonchev–Trinajstić information content (AvgIpc) is 3.05. The van der Waals surface area contributed by atoms with Crippen molar-refractivity contribution in [3.63, 3.8) is 0 Å². The van der Waals surface area contributed by atoms with Crippen molar-refractivity contribution in [2.24, 2.45) is 0 Å². The molecular formula is C24H24F2N2O3. The molecule has 1 unspecified atom stereocenters. The molecule has 0 saturated carbocycles. The van der Waals surface area contributed by atoms with Gasteiger partial charge in [-0.25, -0.2) is 8.78 Å². The quantitative estimate of drug-likeness (QED) is 0.396. The minimum absolute atomic E-state index is 0.289. The number of aliphatic hydroxyl groups excluding tert-OH is 1. The number of ether oxygens (including phenoxy) is 2. The van der Waals surface area contributed by atoms with Crippen LogP contribution in [0.3, 0.4) is 0 Å². The summed E-state index contributed by atoms with van der Waals surface area (Å²) in [5.74, 6) is 0.569. The number of halogens is 2. The molecule has 31 heavy (non-hydrogen) atoms. The van der Waals surface area contributed by atoms with Crippen LogP contribution in [-0.4, -0.2) is 42.6 Å². The Bertz CT molecular complexity index is 1130. The van der Waals surface area contributed by atoms with Crippen molar-refractivity contribution in [2.45, 2.75) is 12.6 Å². The summed E-state index contributed by atoms with van der Waals surface area (Å²) in [6, 6.07) is 16.3. The molecule has 0 aliphatic heterocycles. The lowest BCUT2D eigenvalue weighted by Gasteiger charge is -2.15. The zero-order chi connectivity index (χ0) is 21.8. The van der Waals surface area contributed by atoms with Gasteiger partial charge in [0.05, 0.1) is 19.8 Å². The largest absolute Gasteiger partial charge is 0.493 e. The molecule has 5 nitrogen and oxygen atoms in total. The van der Waals surface area contributed by atoms with Gasteiger partial charge in [0, 0.05) is 34.9 Å². The first-order chi connectivity index (χ1) is 15.1. The Morgan fingerprint density at radius 2 is 1.55 bits per heavy atom. The zero-order valence-electron chi connectivity index (χ0n) is 17.1. The predicted octanol–water partition coefficient (Wildman–Crippen LogP) is 4.11. The fraction of sp³-hybridized carbons (Fsp3) is 0.250. The first-order valence-corrected chi connectivity index (χ1v) is 10.1. The van der Waals surface area contributed by atoms with Gasteiger partial charge in [0.2, 0.25) is 0 Å². The Hall–Kier alpha value is -3.16. The van der Waals surface area contributed by atoms with Gasteiger partial charge in [-0.3, -0.25) is 0 Å². The van der Waals surface area contributed by atoms with Crippen LogP contribution in [0.2, 0.25) is 0 Å². The highest BCUT2D eigenvalue weighted by atomic mass is 19.1. The Kier molecular flexibility index (Phi) is 6.34. The molecule has 0 amide bonds. The predicted molar refractivity (Wildman–Crippen MR) is 117 cm³/mol. The standard InChI is InChI=1S/C24H24F2N2O3/c1-30-23-4-2-3-5-24(23)31-11-10-27-14-18(29)15-28-21-8-6-16(25)12-19(21)20-13-17(26)7-9-22(20)28/h2-9,12-13,18,27,29H,10-11,14-15H2,1H3. The molecule has 1 atom stereocenters. The molecule has 0 saturated heterocycles. The van der Waals surface area contributed by atoms with Crippen LogP contribution in [0.25, 0.3) is 21.8 Å². The molecular weight excluding hydrogens is 402 g/mol. The normalized spacial score (nSPS) is 12.4. The van der Waals surface area contributed by atoms with Gasteiger partial charge in [-0.2, -0.15) is 0 Å². The molecule has 1 aromatic heterocycles. The van der Waals surface area contributed by atoms with Gasteiger partial charge in [0.15, 0.2) is 11.5 Å². The molecule has 0 spiro atoms. The Labute approximate surface area is 178 Å². The number of nitrogens with zero attached hydrogens (tertiary/aromatic N) is 1. The molecule has 3 aromatic carbocycles. The monoisotopic (exact) mass is 426 g/mol. The second-order valence-corrected chi connectivity index (χ2v) is 7.29. The van der Waals surface area contributed by atoms with E-state index in [4.69, 9.17) is 9.47 Å². The van der Waals surface area contributed by atoms with E-state index in [0.29, 0.717) is 42.0 Å². The topological polar surface area (TPSA) is 55.6 Å². The summed E-state index contributed by atoms with van der Waals surface area (Å²) >= 11 is 0. The van der Waals surface area contributed by atoms with Crippen LogP contribution in [0.1, 0.15) is 0 Å². The van der Waals surface area contributed by atoms with Gasteiger partial charge < -0.3 is 24.5 Å². The van der Waals surface area contributed by atoms with Crippen LogP contribution >= 0.6 is 0 Å². The minimum Gasteiger partial charge on any atom is -0.493 e. The fourth-order valence-corrected chi connectivity index (χ4v) is 3.76. The van der Waals surface area contributed by atoms with Crippen LogP contribution in [0, 0.1) is 11.6 Å². The lowest BCUT2D eigenvalue weighted by atomic mass is 10.1. The van der Waals surface area contributed by atoms with Crippen LogP contribution in [0.5, 0.6) is 11.5 Å². The summed E-state index contributed by atoms with van der Waals surface area (Å²) in [4.78, 5) is 0. The van der Waals surface area contributed by atoms with E-state index in [1.807, 2.05) is 28.8 Å². The van der Waals surface area contributed by atoms with Gasteiger partial charge in [0.25, 0.3) is 0 Å². The highest BCUT2D eigenvalue weighted by molar-refractivity contribution is 6.08. The number of hydrogen-bond acceptors (Lipinski definition) is 4. The Balaban J connectivity index is 1.39. The van der Waals surface area contributed by atoms with Crippen molar-refractivity contribution < 1.29 is 23.4 Å². The van der Waals surface area contributed by atoms with Crippen molar-refractivity contribution in [1.82, 2.24) is 9.88 Å². The van der Waals surface area contributed by atoms with Gasteiger partial charge in [0.1, 0.15) is 18.2 Å². The number of aromatic nitrogens is 1. The van der Waals surface area contributed by atoms with Crippen molar-refractivity contribution in [3.05, 3.63) is 72.3 Å². The number of para-hydroxylation sites is 2. The van der Waals surface area contributed by atoms with Crippen LogP contribution in [0.4, 0.5) is 8.78 Å². The summed E-state index contributed by atoms with van der Waals surface area (Å²) in [5.41, 5.74) is 1.50. The van der Waals surface area contributed by atoms with Crippen molar-refractivity contribution in [2.75, 3.05) is 26.8 Å². The Morgan fingerprint density at radius 3 is 2.16 bits per heavy atom. The van der Waals surface area contributed by atoms with E-state index in [9.17, 15) is 13.9 Å². The molecule has 0 fully saturated rings. The summed E-state index contributed by atoms with van der Waals surface area (Å²) < 4.78 is 40.4. The van der Waals surface area contributed by atoms with Gasteiger partial charge >= 0.3 is 0 Å². The molecule has 1 heterocycles. The highest BCUT2D eigenvalue weighted by Crippen LogP contribution is 2.30. The van der Waals surface area contributed by atoms with E-state index in [2.05, 4.69) is 5.32 Å². The number of methoxy groups -OCH3 is 1. The third-order valence-electron chi connectivity index (χ3n) is 5.17. The second-order valence-electron chi connectivity index (χ2n) is 7.29. The number of benzene rings is 3. The van der Waals surface area contributed by atoms with Gasteiger partial charge in [-0.1, -0.05) is 12.1 Å². The first-order valence-electron chi connectivity index (χ1n) is 10.1. The molecule has 4 rings (SSSR count). The lowest BCUT2D eigenvalue weighted by molar-refractivity contribution is 0.152. The van der Waals surface area contributed by atoms with Crippen LogP contribution < -0.4 is 14.8 Å². The molecule has 0 aliphatic carbocycles. The number of aliphatic hydroxyl groups is 1. The van der Waals surface area contributed by atoms with E-state index in [1.165, 1.54) is 24.3 Å². The van der Waals surface area contributed by atoms with Crippen molar-refractivity contribution in [1.29, 1.82) is 0 Å².